The summed E-state index contributed by atoms with van der Waals surface area (Å²) in [5.74, 6) is 0. The van der Waals surface area contributed by atoms with Gasteiger partial charge < -0.3 is 6.92 Å². The average Bonchev–Trinajstić information content (AvgIpc) is 2.23. The molecule has 0 bridgehead atoms. The van der Waals surface area contributed by atoms with Crippen molar-refractivity contribution in [1.29, 1.82) is 0 Å². The van der Waals surface area contributed by atoms with Crippen LogP contribution in [0, 0.1) is 6.92 Å². The standard InChI is InChI=1S/C5H5.C2H5.Ti/c1-2-4-5-3-1;1-2;/h1-5H;1H2,2H3;/q2*-1;+2. The van der Waals surface area contributed by atoms with Crippen LogP contribution in [0.1, 0.15) is 6.92 Å². The Balaban J connectivity index is 0. The first-order chi connectivity index (χ1) is 3.50. The van der Waals surface area contributed by atoms with Gasteiger partial charge >= 0.3 is 21.7 Å². The summed E-state index contributed by atoms with van der Waals surface area (Å²) in [6.45, 7) is 5.00. The van der Waals surface area contributed by atoms with E-state index in [2.05, 4.69) is 6.92 Å². The Labute approximate surface area is 66.2 Å². The second-order valence-corrected chi connectivity index (χ2v) is 0.962. The summed E-state index contributed by atoms with van der Waals surface area (Å²) in [6.07, 6.45) is 0. The van der Waals surface area contributed by atoms with Crippen molar-refractivity contribution in [2.24, 2.45) is 0 Å². The molecule has 0 heterocycles. The Kier molecular flexibility index (Phi) is 13.9. The van der Waals surface area contributed by atoms with Gasteiger partial charge in [0.25, 0.3) is 0 Å². The maximum Gasteiger partial charge on any atom is 2.00 e. The largest absolute Gasteiger partial charge is 2.00 e. The molecule has 0 aliphatic heterocycles. The zero-order chi connectivity index (χ0) is 5.54. The van der Waals surface area contributed by atoms with Crippen LogP contribution in [0.2, 0.25) is 0 Å². The smallest absolute Gasteiger partial charge is 0.346 e. The molecule has 1 aromatic carbocycles. The quantitative estimate of drug-likeness (QED) is 0.385. The average molecular weight is 142 g/mol. The van der Waals surface area contributed by atoms with E-state index in [1.165, 1.54) is 0 Å². The van der Waals surface area contributed by atoms with Gasteiger partial charge in [0.1, 0.15) is 0 Å². The van der Waals surface area contributed by atoms with E-state index in [4.69, 9.17) is 0 Å². The van der Waals surface area contributed by atoms with E-state index < -0.39 is 0 Å². The van der Waals surface area contributed by atoms with E-state index >= 15 is 0 Å². The van der Waals surface area contributed by atoms with Crippen LogP contribution in [0.3, 0.4) is 0 Å². The molecule has 8 heavy (non-hydrogen) atoms. The van der Waals surface area contributed by atoms with E-state index in [1.54, 1.807) is 6.92 Å². The second-order valence-electron chi connectivity index (χ2n) is 0.962. The minimum absolute atomic E-state index is 0. The minimum atomic E-state index is 0. The normalized spacial score (nSPS) is 5.75. The molecule has 1 aromatic rings. The molecule has 0 spiro atoms. The summed E-state index contributed by atoms with van der Waals surface area (Å²) in [7, 11) is 0. The maximum absolute atomic E-state index is 3.25. The van der Waals surface area contributed by atoms with Crippen LogP contribution in [0.5, 0.6) is 0 Å². The van der Waals surface area contributed by atoms with Gasteiger partial charge in [-0.2, -0.15) is 25.1 Å². The molecule has 0 N–H and O–H groups in total. The van der Waals surface area contributed by atoms with Crippen molar-refractivity contribution in [3.63, 3.8) is 0 Å². The summed E-state index contributed by atoms with van der Waals surface area (Å²) >= 11 is 0. The van der Waals surface area contributed by atoms with Crippen LogP contribution < -0.4 is 0 Å². The van der Waals surface area contributed by atoms with Crippen LogP contribution in [-0.4, -0.2) is 0 Å². The van der Waals surface area contributed by atoms with Gasteiger partial charge in [0.05, 0.1) is 0 Å². The minimum Gasteiger partial charge on any atom is -0.346 e. The molecular formula is C7H10Ti. The van der Waals surface area contributed by atoms with Crippen LogP contribution in [0.25, 0.3) is 0 Å². The van der Waals surface area contributed by atoms with Crippen LogP contribution in [0.15, 0.2) is 30.3 Å². The van der Waals surface area contributed by atoms with Gasteiger partial charge in [-0.3, -0.25) is 0 Å². The van der Waals surface area contributed by atoms with Crippen molar-refractivity contribution in [2.75, 3.05) is 0 Å². The molecule has 0 aliphatic rings. The molecule has 0 saturated heterocycles. The van der Waals surface area contributed by atoms with Crippen molar-refractivity contribution in [3.8, 4) is 0 Å². The molecular weight excluding hydrogens is 132 g/mol. The Bertz CT molecular complexity index is 60.9. The topological polar surface area (TPSA) is 0 Å². The van der Waals surface area contributed by atoms with Crippen molar-refractivity contribution in [1.82, 2.24) is 0 Å². The Morgan fingerprint density at radius 1 is 1.12 bits per heavy atom. The van der Waals surface area contributed by atoms with Crippen LogP contribution in [0.4, 0.5) is 0 Å². The molecule has 0 aliphatic carbocycles. The van der Waals surface area contributed by atoms with Crippen molar-refractivity contribution in [2.45, 2.75) is 6.92 Å². The van der Waals surface area contributed by atoms with Crippen LogP contribution >= 0.6 is 0 Å². The molecule has 1 heteroatoms. The van der Waals surface area contributed by atoms with E-state index in [-0.39, 0.29) is 21.7 Å². The van der Waals surface area contributed by atoms with Crippen molar-refractivity contribution >= 4 is 0 Å². The summed E-state index contributed by atoms with van der Waals surface area (Å²) in [5, 5.41) is 0. The molecule has 0 atom stereocenters. The fraction of sp³-hybridized carbons (Fsp3) is 0.143. The van der Waals surface area contributed by atoms with Gasteiger partial charge in [0.15, 0.2) is 0 Å². The van der Waals surface area contributed by atoms with Gasteiger partial charge in [-0.05, 0) is 0 Å². The first-order valence-corrected chi connectivity index (χ1v) is 2.37. The molecule has 0 amide bonds. The van der Waals surface area contributed by atoms with Gasteiger partial charge in [0.2, 0.25) is 0 Å². The monoisotopic (exact) mass is 142 g/mol. The zero-order valence-corrected chi connectivity index (χ0v) is 6.66. The summed E-state index contributed by atoms with van der Waals surface area (Å²) in [6, 6.07) is 10.0. The van der Waals surface area contributed by atoms with E-state index in [0.717, 1.165) is 0 Å². The summed E-state index contributed by atoms with van der Waals surface area (Å²) in [5.41, 5.74) is 0. The molecule has 1 rings (SSSR count). The fourth-order valence-corrected chi connectivity index (χ4v) is 0.321. The number of hydrogen-bond donors (Lipinski definition) is 0. The third-order valence-electron chi connectivity index (χ3n) is 0.556. The Morgan fingerprint density at radius 3 is 1.62 bits per heavy atom. The second kappa shape index (κ2) is 10.1. The first kappa shape index (κ1) is 10.9. The van der Waals surface area contributed by atoms with E-state index in [1.807, 2.05) is 30.3 Å². The van der Waals surface area contributed by atoms with Gasteiger partial charge in [-0.1, -0.05) is 0 Å². The molecule has 42 valence electrons. The van der Waals surface area contributed by atoms with Gasteiger partial charge in [0, 0.05) is 0 Å². The first-order valence-electron chi connectivity index (χ1n) is 2.37. The van der Waals surface area contributed by atoms with Crippen molar-refractivity contribution in [3.05, 3.63) is 37.3 Å². The third-order valence-corrected chi connectivity index (χ3v) is 0.556. The van der Waals surface area contributed by atoms with E-state index in [9.17, 15) is 0 Å². The van der Waals surface area contributed by atoms with E-state index in [0.29, 0.717) is 0 Å². The SMILES string of the molecule is [CH2-]C.[Ti+2].c1cc[cH-]c1. The Morgan fingerprint density at radius 2 is 1.50 bits per heavy atom. The summed E-state index contributed by atoms with van der Waals surface area (Å²) in [4.78, 5) is 0. The molecule has 0 radical (unpaired) electrons. The molecule has 0 saturated carbocycles. The van der Waals surface area contributed by atoms with Crippen molar-refractivity contribution < 1.29 is 21.7 Å². The molecule has 0 aromatic heterocycles. The van der Waals surface area contributed by atoms with Gasteiger partial charge in [-0.15, -0.1) is 0 Å². The molecule has 0 unspecified atom stereocenters. The van der Waals surface area contributed by atoms with Gasteiger partial charge in [-0.25, -0.2) is 12.1 Å². The fourth-order valence-electron chi connectivity index (χ4n) is 0.321. The molecule has 0 nitrogen and oxygen atoms in total. The molecule has 0 fully saturated rings. The predicted molar refractivity (Wildman–Crippen MR) is 33.1 cm³/mol. The number of hydrogen-bond acceptors (Lipinski definition) is 0. The zero-order valence-electron chi connectivity index (χ0n) is 5.09. The predicted octanol–water partition coefficient (Wildman–Crippen LogP) is 2.24. The maximum atomic E-state index is 3.25. The third kappa shape index (κ3) is 6.06. The summed E-state index contributed by atoms with van der Waals surface area (Å²) < 4.78 is 0. The van der Waals surface area contributed by atoms with Crippen LogP contribution in [-0.2, 0) is 21.7 Å². The number of rotatable bonds is 0. The Hall–Kier alpha value is 0.0643.